The first-order chi connectivity index (χ1) is 17.0. The minimum absolute atomic E-state index is 0.213. The van der Waals surface area contributed by atoms with Crippen LogP contribution in [-0.2, 0) is 17.6 Å². The van der Waals surface area contributed by atoms with E-state index in [1.54, 1.807) is 0 Å². The van der Waals surface area contributed by atoms with Crippen LogP contribution in [0.4, 0.5) is 0 Å². The Morgan fingerprint density at radius 3 is 2.63 bits per heavy atom. The van der Waals surface area contributed by atoms with E-state index in [4.69, 9.17) is 0 Å². The van der Waals surface area contributed by atoms with Crippen LogP contribution in [0.25, 0.3) is 11.4 Å². The Balaban J connectivity index is 1.05. The number of amides is 1. The summed E-state index contributed by atoms with van der Waals surface area (Å²) in [4.78, 5) is 31.0. The Labute approximate surface area is 207 Å². The summed E-state index contributed by atoms with van der Waals surface area (Å²) in [6.45, 7) is 8.09. The van der Waals surface area contributed by atoms with E-state index in [9.17, 15) is 4.79 Å². The molecule has 0 saturated carbocycles. The number of hydrogen-bond acceptors (Lipinski definition) is 5. The molecule has 1 aliphatic carbocycles. The van der Waals surface area contributed by atoms with Gasteiger partial charge in [0.1, 0.15) is 0 Å². The minimum Gasteiger partial charge on any atom is -0.342 e. The fraction of sp³-hybridized carbons (Fsp3) is 0.448. The molecule has 1 amide bonds. The largest absolute Gasteiger partial charge is 0.342 e. The van der Waals surface area contributed by atoms with Gasteiger partial charge in [-0.2, -0.15) is 0 Å². The standard InChI is InChI=1S/C29H33N5O/c1-20-3-6-24(31-17-20)16-27(35)33-13-10-29(11-14-33)18-34(19-29)26-8-5-22-15-23(4-7-25(22)26)28-30-12-9-21(2)32-28/h3-4,6-7,9,12,15,17,26H,5,8,10-11,13-14,16,18-19H2,1-2H3. The number of pyridine rings is 1. The number of nitrogens with zero attached hydrogens (tertiary/aromatic N) is 5. The van der Waals surface area contributed by atoms with Crippen molar-refractivity contribution in [3.8, 4) is 11.4 Å². The predicted molar refractivity (Wildman–Crippen MR) is 136 cm³/mol. The molecule has 2 fully saturated rings. The predicted octanol–water partition coefficient (Wildman–Crippen LogP) is 4.31. The van der Waals surface area contributed by atoms with Gasteiger partial charge < -0.3 is 4.90 Å². The van der Waals surface area contributed by atoms with Crippen LogP contribution in [-0.4, -0.2) is 56.8 Å². The van der Waals surface area contributed by atoms with Crippen LogP contribution in [0.3, 0.4) is 0 Å². The zero-order valence-corrected chi connectivity index (χ0v) is 20.7. The second kappa shape index (κ2) is 8.83. The molecule has 1 unspecified atom stereocenters. The van der Waals surface area contributed by atoms with Gasteiger partial charge in [-0.1, -0.05) is 18.2 Å². The number of carbonyl (C=O) groups excluding carboxylic acids is 1. The van der Waals surface area contributed by atoms with Gasteiger partial charge in [0.2, 0.25) is 5.91 Å². The molecule has 1 atom stereocenters. The van der Waals surface area contributed by atoms with Crippen molar-refractivity contribution in [2.75, 3.05) is 26.2 Å². The van der Waals surface area contributed by atoms with E-state index in [0.29, 0.717) is 17.9 Å². The summed E-state index contributed by atoms with van der Waals surface area (Å²) < 4.78 is 0. The first-order valence-corrected chi connectivity index (χ1v) is 12.8. The van der Waals surface area contributed by atoms with Crippen molar-refractivity contribution in [2.45, 2.75) is 52.0 Å². The van der Waals surface area contributed by atoms with E-state index in [1.807, 2.05) is 44.4 Å². The smallest absolute Gasteiger partial charge is 0.228 e. The highest BCUT2D eigenvalue weighted by atomic mass is 16.2. The topological polar surface area (TPSA) is 62.2 Å². The van der Waals surface area contributed by atoms with Gasteiger partial charge in [-0.15, -0.1) is 0 Å². The molecule has 2 saturated heterocycles. The molecule has 6 heteroatoms. The van der Waals surface area contributed by atoms with Crippen molar-refractivity contribution in [1.82, 2.24) is 24.8 Å². The molecule has 1 aromatic carbocycles. The molecular weight excluding hydrogens is 434 g/mol. The third kappa shape index (κ3) is 4.36. The highest BCUT2D eigenvalue weighted by Gasteiger charge is 2.48. The van der Waals surface area contributed by atoms with Crippen LogP contribution < -0.4 is 0 Å². The molecule has 4 heterocycles. The van der Waals surface area contributed by atoms with Gasteiger partial charge in [-0.3, -0.25) is 14.7 Å². The molecule has 35 heavy (non-hydrogen) atoms. The van der Waals surface area contributed by atoms with Gasteiger partial charge in [-0.05, 0) is 79.8 Å². The zero-order valence-electron chi connectivity index (χ0n) is 20.7. The van der Waals surface area contributed by atoms with Crippen LogP contribution in [0.1, 0.15) is 53.4 Å². The van der Waals surface area contributed by atoms with Crippen LogP contribution in [0.2, 0.25) is 0 Å². The number of hydrogen-bond donors (Lipinski definition) is 0. The lowest BCUT2D eigenvalue weighted by molar-refractivity contribution is -0.136. The second-order valence-electron chi connectivity index (χ2n) is 10.8. The minimum atomic E-state index is 0.213. The van der Waals surface area contributed by atoms with Crippen molar-refractivity contribution in [1.29, 1.82) is 0 Å². The third-order valence-corrected chi connectivity index (χ3v) is 8.24. The van der Waals surface area contributed by atoms with Gasteiger partial charge >= 0.3 is 0 Å². The van der Waals surface area contributed by atoms with E-state index >= 15 is 0 Å². The summed E-state index contributed by atoms with van der Waals surface area (Å²) in [5.74, 6) is 1.03. The lowest BCUT2D eigenvalue weighted by Gasteiger charge is -2.56. The summed E-state index contributed by atoms with van der Waals surface area (Å²) in [5, 5.41) is 0. The van der Waals surface area contributed by atoms with Crippen LogP contribution >= 0.6 is 0 Å². The Morgan fingerprint density at radius 1 is 1.06 bits per heavy atom. The molecular formula is C29H33N5O. The summed E-state index contributed by atoms with van der Waals surface area (Å²) in [6.07, 6.45) is 8.63. The lowest BCUT2D eigenvalue weighted by atomic mass is 9.71. The molecule has 180 valence electrons. The quantitative estimate of drug-likeness (QED) is 0.572. The summed E-state index contributed by atoms with van der Waals surface area (Å²) in [6, 6.07) is 13.3. The first kappa shape index (κ1) is 22.4. The number of piperidine rings is 1. The average Bonchev–Trinajstić information content (AvgIpc) is 3.27. The summed E-state index contributed by atoms with van der Waals surface area (Å²) in [7, 11) is 0. The second-order valence-corrected chi connectivity index (χ2v) is 10.8. The maximum Gasteiger partial charge on any atom is 0.228 e. The van der Waals surface area contributed by atoms with Gasteiger partial charge in [0.05, 0.1) is 6.42 Å². The van der Waals surface area contributed by atoms with E-state index in [-0.39, 0.29) is 5.91 Å². The fourth-order valence-electron chi connectivity index (χ4n) is 6.15. The molecule has 1 spiro atoms. The van der Waals surface area contributed by atoms with Gasteiger partial charge in [0.15, 0.2) is 5.82 Å². The van der Waals surface area contributed by atoms with Gasteiger partial charge in [-0.25, -0.2) is 9.97 Å². The Bertz CT molecular complexity index is 1240. The van der Waals surface area contributed by atoms with Crippen molar-refractivity contribution in [3.63, 3.8) is 0 Å². The summed E-state index contributed by atoms with van der Waals surface area (Å²) >= 11 is 0. The van der Waals surface area contributed by atoms with E-state index in [2.05, 4.69) is 43.0 Å². The molecule has 6 rings (SSSR count). The number of aromatic nitrogens is 3. The van der Waals surface area contributed by atoms with Crippen molar-refractivity contribution in [3.05, 3.63) is 76.9 Å². The van der Waals surface area contributed by atoms with Crippen molar-refractivity contribution >= 4 is 5.91 Å². The number of rotatable bonds is 4. The highest BCUT2D eigenvalue weighted by Crippen LogP contribution is 2.48. The SMILES string of the molecule is Cc1ccc(CC(=O)N2CCC3(CC2)CN(C2CCc4cc(-c5nccc(C)n5)ccc42)C3)nc1. The molecule has 2 aromatic heterocycles. The number of aryl methyl sites for hydroxylation is 3. The van der Waals surface area contributed by atoms with E-state index in [1.165, 1.54) is 17.5 Å². The van der Waals surface area contributed by atoms with Gasteiger partial charge in [0.25, 0.3) is 0 Å². The maximum absolute atomic E-state index is 12.8. The molecule has 0 bridgehead atoms. The Morgan fingerprint density at radius 2 is 1.89 bits per heavy atom. The third-order valence-electron chi connectivity index (χ3n) is 8.24. The number of fused-ring (bicyclic) bond motifs is 1. The van der Waals surface area contributed by atoms with Crippen molar-refractivity contribution in [2.24, 2.45) is 5.41 Å². The average molecular weight is 468 g/mol. The zero-order chi connectivity index (χ0) is 24.0. The van der Waals surface area contributed by atoms with Crippen LogP contribution in [0.15, 0.2) is 48.8 Å². The molecule has 6 nitrogen and oxygen atoms in total. The van der Waals surface area contributed by atoms with E-state index in [0.717, 1.165) is 73.8 Å². The van der Waals surface area contributed by atoms with Gasteiger partial charge in [0, 0.05) is 61.6 Å². The molecule has 2 aliphatic heterocycles. The fourth-order valence-corrected chi connectivity index (χ4v) is 6.15. The van der Waals surface area contributed by atoms with E-state index < -0.39 is 0 Å². The highest BCUT2D eigenvalue weighted by molar-refractivity contribution is 5.78. The number of benzene rings is 1. The first-order valence-electron chi connectivity index (χ1n) is 12.8. The Kier molecular flexibility index (Phi) is 5.64. The van der Waals surface area contributed by atoms with Crippen molar-refractivity contribution < 1.29 is 4.79 Å². The monoisotopic (exact) mass is 467 g/mol. The number of carbonyl (C=O) groups is 1. The molecule has 0 N–H and O–H groups in total. The van der Waals surface area contributed by atoms with Crippen LogP contribution in [0, 0.1) is 19.3 Å². The summed E-state index contributed by atoms with van der Waals surface area (Å²) in [5.41, 5.74) is 7.42. The molecule has 3 aromatic rings. The lowest BCUT2D eigenvalue weighted by Crippen LogP contribution is -2.61. The number of likely N-dealkylation sites (tertiary alicyclic amines) is 2. The Hall–Kier alpha value is -3.12. The normalized spacial score (nSPS) is 21.1. The maximum atomic E-state index is 12.8. The molecule has 3 aliphatic rings. The molecule has 0 radical (unpaired) electrons. The van der Waals surface area contributed by atoms with Crippen LogP contribution in [0.5, 0.6) is 0 Å².